The number of likely N-dealkylation sites (tertiary alicyclic amines) is 1. The molecule has 6 heteroatoms. The number of nitrogens with zero attached hydrogens (tertiary/aromatic N) is 4. The molecule has 1 saturated heterocycles. The largest absolute Gasteiger partial charge is 0.356 e. The van der Waals surface area contributed by atoms with Gasteiger partial charge in [-0.25, -0.2) is 0 Å². The smallest absolute Gasteiger partial charge is 0.191 e. The van der Waals surface area contributed by atoms with Gasteiger partial charge in [-0.3, -0.25) is 14.6 Å². The molecule has 0 aliphatic carbocycles. The van der Waals surface area contributed by atoms with Crippen LogP contribution in [0.4, 0.5) is 0 Å². The third kappa shape index (κ3) is 6.34. The van der Waals surface area contributed by atoms with Crippen LogP contribution < -0.4 is 10.6 Å². The van der Waals surface area contributed by atoms with Crippen LogP contribution in [0.3, 0.4) is 0 Å². The number of hydrogen-bond acceptors (Lipinski definition) is 3. The number of piperidine rings is 1. The van der Waals surface area contributed by atoms with Crippen LogP contribution in [-0.2, 0) is 6.54 Å². The zero-order chi connectivity index (χ0) is 18.2. The highest BCUT2D eigenvalue weighted by atomic mass is 15.3. The van der Waals surface area contributed by atoms with E-state index in [2.05, 4.69) is 57.1 Å². The highest BCUT2D eigenvalue weighted by Gasteiger charge is 2.20. The molecule has 0 spiro atoms. The van der Waals surface area contributed by atoms with Crippen molar-refractivity contribution < 1.29 is 0 Å². The molecule has 0 amide bonds. The molecule has 1 aromatic rings. The van der Waals surface area contributed by atoms with Crippen LogP contribution in [0.5, 0.6) is 0 Å². The molecule has 0 bridgehead atoms. The molecule has 0 aromatic carbocycles. The van der Waals surface area contributed by atoms with E-state index in [1.165, 1.54) is 31.6 Å². The molecule has 1 unspecified atom stereocenters. The fourth-order valence-electron chi connectivity index (χ4n) is 3.40. The number of rotatable bonds is 7. The second kappa shape index (κ2) is 9.80. The summed E-state index contributed by atoms with van der Waals surface area (Å²) in [5.74, 6) is 1.78. The number of hydrogen-bond donors (Lipinski definition) is 2. The molecular formula is C19H36N6. The van der Waals surface area contributed by atoms with Gasteiger partial charge in [-0.2, -0.15) is 5.10 Å². The molecule has 1 aliphatic rings. The van der Waals surface area contributed by atoms with Crippen LogP contribution in [0.15, 0.2) is 11.1 Å². The lowest BCUT2D eigenvalue weighted by Crippen LogP contribution is -2.48. The van der Waals surface area contributed by atoms with E-state index in [4.69, 9.17) is 0 Å². The van der Waals surface area contributed by atoms with E-state index in [1.54, 1.807) is 0 Å². The van der Waals surface area contributed by atoms with Crippen molar-refractivity contribution in [3.63, 3.8) is 0 Å². The molecule has 0 saturated carbocycles. The Morgan fingerprint density at radius 1 is 1.32 bits per heavy atom. The van der Waals surface area contributed by atoms with E-state index in [1.807, 2.05) is 14.0 Å². The van der Waals surface area contributed by atoms with Crippen molar-refractivity contribution in [2.45, 2.75) is 59.5 Å². The summed E-state index contributed by atoms with van der Waals surface area (Å²) in [5, 5.41) is 11.4. The Hall–Kier alpha value is -1.56. The molecule has 2 heterocycles. The quantitative estimate of drug-likeness (QED) is 0.450. The minimum absolute atomic E-state index is 0.542. The molecule has 0 radical (unpaired) electrons. The molecule has 1 atom stereocenters. The normalized spacial score (nSPS) is 18.4. The summed E-state index contributed by atoms with van der Waals surface area (Å²) in [5.41, 5.74) is 2.31. The van der Waals surface area contributed by atoms with Gasteiger partial charge < -0.3 is 10.6 Å². The maximum atomic E-state index is 4.50. The van der Waals surface area contributed by atoms with Crippen molar-refractivity contribution >= 4 is 5.96 Å². The van der Waals surface area contributed by atoms with E-state index in [0.29, 0.717) is 6.04 Å². The second-order valence-corrected chi connectivity index (χ2v) is 7.45. The predicted octanol–water partition coefficient (Wildman–Crippen LogP) is 2.18. The van der Waals surface area contributed by atoms with Gasteiger partial charge in [0, 0.05) is 38.4 Å². The maximum Gasteiger partial charge on any atom is 0.191 e. The van der Waals surface area contributed by atoms with Crippen LogP contribution in [0.25, 0.3) is 0 Å². The van der Waals surface area contributed by atoms with E-state index < -0.39 is 0 Å². The third-order valence-corrected chi connectivity index (χ3v) is 5.17. The SMILES string of the molecule is CN=C(NCCCn1nc(C)cc1C)NCC(C)N1CCC(C)CC1. The Morgan fingerprint density at radius 2 is 2.04 bits per heavy atom. The topological polar surface area (TPSA) is 57.5 Å². The van der Waals surface area contributed by atoms with Crippen molar-refractivity contribution in [3.8, 4) is 0 Å². The highest BCUT2D eigenvalue weighted by Crippen LogP contribution is 2.17. The fraction of sp³-hybridized carbons (Fsp3) is 0.789. The van der Waals surface area contributed by atoms with Gasteiger partial charge in [0.2, 0.25) is 0 Å². The van der Waals surface area contributed by atoms with Gasteiger partial charge in [0.05, 0.1) is 5.69 Å². The van der Waals surface area contributed by atoms with Crippen molar-refractivity contribution in [3.05, 3.63) is 17.5 Å². The fourth-order valence-corrected chi connectivity index (χ4v) is 3.40. The Bertz CT molecular complexity index is 542. The first-order chi connectivity index (χ1) is 12.0. The number of nitrogens with one attached hydrogen (secondary N) is 2. The Balaban J connectivity index is 1.64. The van der Waals surface area contributed by atoms with Gasteiger partial charge in [-0.1, -0.05) is 6.92 Å². The summed E-state index contributed by atoms with van der Waals surface area (Å²) < 4.78 is 2.08. The van der Waals surface area contributed by atoms with Crippen molar-refractivity contribution in [1.29, 1.82) is 0 Å². The minimum Gasteiger partial charge on any atom is -0.356 e. The molecule has 2 rings (SSSR count). The van der Waals surface area contributed by atoms with Crippen molar-refractivity contribution in [2.24, 2.45) is 10.9 Å². The number of aryl methyl sites for hydroxylation is 3. The van der Waals surface area contributed by atoms with Gasteiger partial charge in [-0.05, 0) is 65.1 Å². The van der Waals surface area contributed by atoms with Gasteiger partial charge >= 0.3 is 0 Å². The van der Waals surface area contributed by atoms with E-state index in [0.717, 1.165) is 43.6 Å². The van der Waals surface area contributed by atoms with Gasteiger partial charge in [0.1, 0.15) is 0 Å². The standard InChI is InChI=1S/C19H36N6/c1-15-7-11-24(12-8-15)18(4)14-22-19(20-5)21-9-6-10-25-17(3)13-16(2)23-25/h13,15,18H,6-12,14H2,1-5H3,(H2,20,21,22). The molecular weight excluding hydrogens is 312 g/mol. The molecule has 2 N–H and O–H groups in total. The number of guanidine groups is 1. The monoisotopic (exact) mass is 348 g/mol. The summed E-state index contributed by atoms with van der Waals surface area (Å²) in [6, 6.07) is 2.66. The number of aliphatic imine (C=N–C) groups is 1. The predicted molar refractivity (Wildman–Crippen MR) is 105 cm³/mol. The summed E-state index contributed by atoms with van der Waals surface area (Å²) in [6.07, 6.45) is 3.68. The van der Waals surface area contributed by atoms with Crippen LogP contribution >= 0.6 is 0 Å². The van der Waals surface area contributed by atoms with Crippen molar-refractivity contribution in [2.75, 3.05) is 33.2 Å². The van der Waals surface area contributed by atoms with Crippen LogP contribution in [-0.4, -0.2) is 59.9 Å². The van der Waals surface area contributed by atoms with Gasteiger partial charge in [0.25, 0.3) is 0 Å². The highest BCUT2D eigenvalue weighted by molar-refractivity contribution is 5.79. The van der Waals surface area contributed by atoms with E-state index in [-0.39, 0.29) is 0 Å². The van der Waals surface area contributed by atoms with Crippen LogP contribution in [0.2, 0.25) is 0 Å². The second-order valence-electron chi connectivity index (χ2n) is 7.45. The lowest BCUT2D eigenvalue weighted by molar-refractivity contribution is 0.147. The zero-order valence-corrected chi connectivity index (χ0v) is 16.7. The maximum absolute atomic E-state index is 4.50. The average Bonchev–Trinajstić information content (AvgIpc) is 2.92. The number of aromatic nitrogens is 2. The lowest BCUT2D eigenvalue weighted by Gasteiger charge is -2.35. The first-order valence-electron chi connectivity index (χ1n) is 9.69. The summed E-state index contributed by atoms with van der Waals surface area (Å²) in [6.45, 7) is 14.0. The molecule has 142 valence electrons. The molecule has 6 nitrogen and oxygen atoms in total. The Morgan fingerprint density at radius 3 is 2.64 bits per heavy atom. The third-order valence-electron chi connectivity index (χ3n) is 5.17. The molecule has 1 aliphatic heterocycles. The minimum atomic E-state index is 0.542. The van der Waals surface area contributed by atoms with E-state index in [9.17, 15) is 0 Å². The van der Waals surface area contributed by atoms with Gasteiger partial charge in [-0.15, -0.1) is 0 Å². The molecule has 25 heavy (non-hydrogen) atoms. The molecule has 1 aromatic heterocycles. The summed E-state index contributed by atoms with van der Waals surface area (Å²) >= 11 is 0. The van der Waals surface area contributed by atoms with Gasteiger partial charge in [0.15, 0.2) is 5.96 Å². The van der Waals surface area contributed by atoms with E-state index >= 15 is 0 Å². The van der Waals surface area contributed by atoms with Crippen LogP contribution in [0.1, 0.15) is 44.5 Å². The zero-order valence-electron chi connectivity index (χ0n) is 16.7. The first-order valence-corrected chi connectivity index (χ1v) is 9.69. The Labute approximate surface area is 153 Å². The average molecular weight is 349 g/mol. The Kier molecular flexibility index (Phi) is 7.75. The summed E-state index contributed by atoms with van der Waals surface area (Å²) in [4.78, 5) is 6.92. The first kappa shape index (κ1) is 19.8. The summed E-state index contributed by atoms with van der Waals surface area (Å²) in [7, 11) is 1.84. The molecule has 1 fully saturated rings. The van der Waals surface area contributed by atoms with Crippen LogP contribution in [0, 0.1) is 19.8 Å². The van der Waals surface area contributed by atoms with Crippen molar-refractivity contribution in [1.82, 2.24) is 25.3 Å². The lowest BCUT2D eigenvalue weighted by atomic mass is 9.98.